The highest BCUT2D eigenvalue weighted by atomic mass is 16.1. The molecule has 1 aromatic heterocycles. The highest BCUT2D eigenvalue weighted by Crippen LogP contribution is 2.21. The molecule has 0 aliphatic carbocycles. The summed E-state index contributed by atoms with van der Waals surface area (Å²) in [4.78, 5) is 11.9. The Morgan fingerprint density at radius 2 is 1.90 bits per heavy atom. The fourth-order valence-corrected chi connectivity index (χ4v) is 2.11. The van der Waals surface area contributed by atoms with E-state index in [1.54, 1.807) is 6.07 Å². The van der Waals surface area contributed by atoms with Crippen LogP contribution < -0.4 is 11.3 Å². The van der Waals surface area contributed by atoms with Crippen LogP contribution in [0.5, 0.6) is 0 Å². The van der Waals surface area contributed by atoms with Crippen LogP contribution in [-0.2, 0) is 6.54 Å². The van der Waals surface area contributed by atoms with E-state index in [2.05, 4.69) is 31.1 Å². The van der Waals surface area contributed by atoms with Gasteiger partial charge in [-0.05, 0) is 24.0 Å². The minimum atomic E-state index is -0.214. The monoisotopic (exact) mass is 271 g/mol. The number of benzene rings is 1. The third-order valence-corrected chi connectivity index (χ3v) is 3.31. The Kier molecular flexibility index (Phi) is 4.23. The molecule has 0 bridgehead atoms. The molecule has 0 spiro atoms. The molecular weight excluding hydrogens is 250 g/mol. The summed E-state index contributed by atoms with van der Waals surface area (Å²) in [6, 6.07) is 9.88. The van der Waals surface area contributed by atoms with Crippen LogP contribution in [0.4, 0.5) is 5.69 Å². The Balaban J connectivity index is 2.44. The number of nitrogens with zero attached hydrogens (tertiary/aromatic N) is 2. The van der Waals surface area contributed by atoms with Gasteiger partial charge in [0.25, 0.3) is 5.56 Å². The molecule has 2 N–H and O–H groups in total. The van der Waals surface area contributed by atoms with Crippen molar-refractivity contribution in [3.8, 4) is 11.3 Å². The molecule has 0 fully saturated rings. The van der Waals surface area contributed by atoms with Gasteiger partial charge in [0.15, 0.2) is 0 Å². The Labute approximate surface area is 119 Å². The summed E-state index contributed by atoms with van der Waals surface area (Å²) in [5.74, 6) is 0.496. The number of rotatable bonds is 4. The first kappa shape index (κ1) is 14.3. The van der Waals surface area contributed by atoms with E-state index in [0.717, 1.165) is 17.7 Å². The van der Waals surface area contributed by atoms with Crippen molar-refractivity contribution in [2.24, 2.45) is 0 Å². The van der Waals surface area contributed by atoms with Crippen LogP contribution in [0.3, 0.4) is 0 Å². The number of anilines is 1. The van der Waals surface area contributed by atoms with Gasteiger partial charge < -0.3 is 5.73 Å². The largest absolute Gasteiger partial charge is 0.394 e. The molecule has 0 saturated carbocycles. The van der Waals surface area contributed by atoms with Crippen molar-refractivity contribution in [3.63, 3.8) is 0 Å². The number of nitrogens with two attached hydrogens (primary N) is 1. The zero-order valence-corrected chi connectivity index (χ0v) is 12.3. The van der Waals surface area contributed by atoms with Crippen LogP contribution in [0, 0.1) is 0 Å². The van der Waals surface area contributed by atoms with E-state index in [0.29, 0.717) is 12.5 Å². The molecule has 4 nitrogen and oxygen atoms in total. The van der Waals surface area contributed by atoms with Gasteiger partial charge in [0, 0.05) is 12.1 Å². The lowest BCUT2D eigenvalue weighted by Gasteiger charge is -2.09. The van der Waals surface area contributed by atoms with Gasteiger partial charge in [-0.1, -0.05) is 45.0 Å². The lowest BCUT2D eigenvalue weighted by Crippen LogP contribution is -2.25. The Bertz CT molecular complexity index is 642. The van der Waals surface area contributed by atoms with Gasteiger partial charge in [-0.3, -0.25) is 4.79 Å². The summed E-state index contributed by atoms with van der Waals surface area (Å²) in [5.41, 5.74) is 8.83. The van der Waals surface area contributed by atoms with Crippen molar-refractivity contribution in [2.45, 2.75) is 39.7 Å². The molecule has 2 rings (SSSR count). The molecule has 1 aromatic carbocycles. The fraction of sp³-hybridized carbons (Fsp3) is 0.375. The van der Waals surface area contributed by atoms with Crippen molar-refractivity contribution in [3.05, 3.63) is 46.2 Å². The van der Waals surface area contributed by atoms with E-state index >= 15 is 0 Å². The Hall–Kier alpha value is -2.10. The van der Waals surface area contributed by atoms with E-state index in [9.17, 15) is 4.79 Å². The van der Waals surface area contributed by atoms with E-state index in [4.69, 9.17) is 5.73 Å². The minimum absolute atomic E-state index is 0.214. The summed E-state index contributed by atoms with van der Waals surface area (Å²) in [7, 11) is 0. The van der Waals surface area contributed by atoms with Crippen molar-refractivity contribution >= 4 is 5.69 Å². The van der Waals surface area contributed by atoms with Crippen molar-refractivity contribution in [2.75, 3.05) is 5.73 Å². The third kappa shape index (κ3) is 2.90. The topological polar surface area (TPSA) is 60.9 Å². The molecule has 1 heterocycles. The fourth-order valence-electron chi connectivity index (χ4n) is 2.11. The van der Waals surface area contributed by atoms with E-state index < -0.39 is 0 Å². The molecule has 4 heteroatoms. The molecular formula is C16H21N3O. The second-order valence-electron chi connectivity index (χ2n) is 5.29. The van der Waals surface area contributed by atoms with E-state index in [1.807, 2.05) is 19.1 Å². The van der Waals surface area contributed by atoms with Crippen LogP contribution in [0.25, 0.3) is 11.3 Å². The molecule has 0 atom stereocenters. The first-order valence-corrected chi connectivity index (χ1v) is 7.01. The predicted molar refractivity (Wildman–Crippen MR) is 82.7 cm³/mol. The van der Waals surface area contributed by atoms with Crippen molar-refractivity contribution in [1.82, 2.24) is 9.78 Å². The first-order valence-electron chi connectivity index (χ1n) is 7.01. The maximum absolute atomic E-state index is 11.9. The van der Waals surface area contributed by atoms with Gasteiger partial charge in [0.2, 0.25) is 0 Å². The highest BCUT2D eigenvalue weighted by molar-refractivity contribution is 5.62. The van der Waals surface area contributed by atoms with Crippen LogP contribution in [0.15, 0.2) is 35.1 Å². The molecule has 0 radical (unpaired) electrons. The summed E-state index contributed by atoms with van der Waals surface area (Å²) < 4.78 is 1.45. The molecule has 0 amide bonds. The van der Waals surface area contributed by atoms with Gasteiger partial charge >= 0.3 is 0 Å². The second kappa shape index (κ2) is 5.90. The maximum atomic E-state index is 11.9. The molecule has 20 heavy (non-hydrogen) atoms. The molecule has 0 saturated heterocycles. The maximum Gasteiger partial charge on any atom is 0.289 e. The second-order valence-corrected chi connectivity index (χ2v) is 5.29. The molecule has 0 aliphatic rings. The molecule has 0 aliphatic heterocycles. The summed E-state index contributed by atoms with van der Waals surface area (Å²) in [6.45, 7) is 6.91. The normalized spacial score (nSPS) is 11.0. The van der Waals surface area contributed by atoms with E-state index in [1.165, 1.54) is 10.2 Å². The lowest BCUT2D eigenvalue weighted by molar-refractivity contribution is 0.572. The van der Waals surface area contributed by atoms with Gasteiger partial charge in [0.1, 0.15) is 5.69 Å². The van der Waals surface area contributed by atoms with Crippen molar-refractivity contribution in [1.29, 1.82) is 0 Å². The van der Waals surface area contributed by atoms with Crippen LogP contribution in [0.2, 0.25) is 0 Å². The minimum Gasteiger partial charge on any atom is -0.394 e. The smallest absolute Gasteiger partial charge is 0.289 e. The van der Waals surface area contributed by atoms with Crippen LogP contribution in [-0.4, -0.2) is 9.78 Å². The lowest BCUT2D eigenvalue weighted by atomic mass is 10.0. The Morgan fingerprint density at radius 3 is 2.45 bits per heavy atom. The molecule has 0 unspecified atom stereocenters. The first-order chi connectivity index (χ1) is 9.52. The average molecular weight is 271 g/mol. The Morgan fingerprint density at radius 1 is 1.25 bits per heavy atom. The highest BCUT2D eigenvalue weighted by Gasteiger charge is 2.08. The van der Waals surface area contributed by atoms with Gasteiger partial charge in [-0.25, -0.2) is 4.68 Å². The summed E-state index contributed by atoms with van der Waals surface area (Å²) >= 11 is 0. The van der Waals surface area contributed by atoms with Gasteiger partial charge in [-0.2, -0.15) is 5.10 Å². The van der Waals surface area contributed by atoms with Gasteiger partial charge in [-0.15, -0.1) is 0 Å². The van der Waals surface area contributed by atoms with Gasteiger partial charge in [0.05, 0.1) is 5.69 Å². The SMILES string of the molecule is CCCn1nc(-c2ccc(C(C)C)cc2)cc(N)c1=O. The van der Waals surface area contributed by atoms with Crippen molar-refractivity contribution < 1.29 is 0 Å². The van der Waals surface area contributed by atoms with E-state index in [-0.39, 0.29) is 11.2 Å². The zero-order chi connectivity index (χ0) is 14.7. The number of hydrogen-bond acceptors (Lipinski definition) is 3. The summed E-state index contributed by atoms with van der Waals surface area (Å²) in [6.07, 6.45) is 0.849. The molecule has 2 aromatic rings. The number of aromatic nitrogens is 2. The van der Waals surface area contributed by atoms with Crippen LogP contribution >= 0.6 is 0 Å². The number of hydrogen-bond donors (Lipinski definition) is 1. The number of nitrogen functional groups attached to an aromatic ring is 1. The predicted octanol–water partition coefficient (Wildman–Crippen LogP) is 3.03. The quantitative estimate of drug-likeness (QED) is 0.929. The zero-order valence-electron chi connectivity index (χ0n) is 12.3. The summed E-state index contributed by atoms with van der Waals surface area (Å²) in [5, 5.41) is 4.39. The standard InChI is InChI=1S/C16H21N3O/c1-4-9-19-16(20)14(17)10-15(18-19)13-7-5-12(6-8-13)11(2)3/h5-8,10-11H,4,9,17H2,1-3H3. The third-order valence-electron chi connectivity index (χ3n) is 3.31. The average Bonchev–Trinajstić information content (AvgIpc) is 2.44. The molecule has 106 valence electrons. The van der Waals surface area contributed by atoms with Crippen LogP contribution in [0.1, 0.15) is 38.7 Å². The number of aryl methyl sites for hydroxylation is 1.